The van der Waals surface area contributed by atoms with E-state index in [0.717, 1.165) is 45.5 Å². The van der Waals surface area contributed by atoms with E-state index in [1.54, 1.807) is 0 Å². The van der Waals surface area contributed by atoms with Crippen LogP contribution in [0.5, 0.6) is 0 Å². The third-order valence-electron chi connectivity index (χ3n) is 3.15. The number of piperidine rings is 1. The van der Waals surface area contributed by atoms with Gasteiger partial charge in [0.1, 0.15) is 0 Å². The highest BCUT2D eigenvalue weighted by atomic mass is 35.5. The molecule has 1 N–H and O–H groups in total. The van der Waals surface area contributed by atoms with Crippen molar-refractivity contribution in [3.8, 4) is 0 Å². The van der Waals surface area contributed by atoms with Gasteiger partial charge < -0.3 is 15.0 Å². The second-order valence-corrected chi connectivity index (χ2v) is 5.18. The third-order valence-corrected chi connectivity index (χ3v) is 3.32. The Hall–Kier alpha value is -1.14. The molecule has 0 aromatic carbocycles. The zero-order valence-corrected chi connectivity index (χ0v) is 12.9. The van der Waals surface area contributed by atoms with Gasteiger partial charge in [-0.25, -0.2) is 0 Å². The molecule has 1 fully saturated rings. The predicted molar refractivity (Wildman–Crippen MR) is 80.5 cm³/mol. The quantitative estimate of drug-likeness (QED) is 0.870. The highest BCUT2D eigenvalue weighted by Crippen LogP contribution is 2.20. The van der Waals surface area contributed by atoms with Crippen molar-refractivity contribution in [3.05, 3.63) is 5.28 Å². The Morgan fingerprint density at radius 3 is 2.95 bits per heavy atom. The van der Waals surface area contributed by atoms with E-state index in [2.05, 4.69) is 32.1 Å². The number of rotatable bonds is 6. The second kappa shape index (κ2) is 7.59. The molecule has 1 saturated heterocycles. The molecule has 6 nitrogen and oxygen atoms in total. The van der Waals surface area contributed by atoms with Gasteiger partial charge in [-0.2, -0.15) is 15.0 Å². The number of hydrogen-bond donors (Lipinski definition) is 1. The number of ether oxygens (including phenoxy) is 1. The lowest BCUT2D eigenvalue weighted by atomic mass is 10.1. The summed E-state index contributed by atoms with van der Waals surface area (Å²) in [6, 6.07) is 0. The number of aromatic nitrogens is 3. The monoisotopic (exact) mass is 299 g/mol. The molecule has 1 aliphatic heterocycles. The van der Waals surface area contributed by atoms with Crippen LogP contribution in [0, 0.1) is 0 Å². The van der Waals surface area contributed by atoms with Crippen LogP contribution in [0.4, 0.5) is 11.9 Å². The summed E-state index contributed by atoms with van der Waals surface area (Å²) in [6.45, 7) is 7.41. The van der Waals surface area contributed by atoms with Gasteiger partial charge in [-0.3, -0.25) is 0 Å². The standard InChI is InChI=1S/C13H22ClN5O/c1-3-8-20-10-6-5-7-19(9-10)13-17-11(14)16-12(18-13)15-4-2/h10H,3-9H2,1-2H3,(H,15,16,17,18). The van der Waals surface area contributed by atoms with Crippen LogP contribution in [0.2, 0.25) is 5.28 Å². The average Bonchev–Trinajstić information content (AvgIpc) is 2.45. The van der Waals surface area contributed by atoms with Crippen LogP contribution in [-0.2, 0) is 4.74 Å². The van der Waals surface area contributed by atoms with Gasteiger partial charge in [0, 0.05) is 26.2 Å². The van der Waals surface area contributed by atoms with Gasteiger partial charge in [0.25, 0.3) is 0 Å². The fraction of sp³-hybridized carbons (Fsp3) is 0.769. The number of nitrogens with zero attached hydrogens (tertiary/aromatic N) is 4. The van der Waals surface area contributed by atoms with E-state index in [1.165, 1.54) is 0 Å². The van der Waals surface area contributed by atoms with Gasteiger partial charge in [-0.15, -0.1) is 0 Å². The molecule has 20 heavy (non-hydrogen) atoms. The molecular weight excluding hydrogens is 278 g/mol. The Morgan fingerprint density at radius 1 is 1.35 bits per heavy atom. The van der Waals surface area contributed by atoms with Gasteiger partial charge in [0.05, 0.1) is 6.10 Å². The summed E-state index contributed by atoms with van der Waals surface area (Å²) in [6.07, 6.45) is 3.46. The Balaban J connectivity index is 2.05. The first kappa shape index (κ1) is 15.3. The van der Waals surface area contributed by atoms with Crippen LogP contribution in [-0.4, -0.2) is 47.3 Å². The van der Waals surface area contributed by atoms with Crippen molar-refractivity contribution < 1.29 is 4.74 Å². The topological polar surface area (TPSA) is 63.2 Å². The molecule has 0 saturated carbocycles. The molecule has 0 amide bonds. The minimum absolute atomic E-state index is 0.225. The highest BCUT2D eigenvalue weighted by Gasteiger charge is 2.23. The van der Waals surface area contributed by atoms with Crippen molar-refractivity contribution in [3.63, 3.8) is 0 Å². The summed E-state index contributed by atoms with van der Waals surface area (Å²) in [5.74, 6) is 1.16. The summed E-state index contributed by atoms with van der Waals surface area (Å²) in [4.78, 5) is 14.8. The largest absolute Gasteiger partial charge is 0.376 e. The van der Waals surface area contributed by atoms with Gasteiger partial charge in [-0.05, 0) is 37.8 Å². The third kappa shape index (κ3) is 4.18. The Kier molecular flexibility index (Phi) is 5.79. The molecular formula is C13H22ClN5O. The summed E-state index contributed by atoms with van der Waals surface area (Å²) in [5, 5.41) is 3.29. The van der Waals surface area contributed by atoms with E-state index in [0.29, 0.717) is 11.9 Å². The van der Waals surface area contributed by atoms with E-state index in [9.17, 15) is 0 Å². The number of halogens is 1. The number of nitrogens with one attached hydrogen (secondary N) is 1. The fourth-order valence-corrected chi connectivity index (χ4v) is 2.41. The molecule has 1 unspecified atom stereocenters. The fourth-order valence-electron chi connectivity index (χ4n) is 2.26. The Labute approximate surface area is 124 Å². The van der Waals surface area contributed by atoms with Crippen molar-refractivity contribution in [2.24, 2.45) is 0 Å². The van der Waals surface area contributed by atoms with Gasteiger partial charge >= 0.3 is 0 Å². The maximum Gasteiger partial charge on any atom is 0.231 e. The Bertz CT molecular complexity index is 431. The predicted octanol–water partition coefficient (Wildman–Crippen LogP) is 2.35. The maximum atomic E-state index is 5.96. The molecule has 1 aromatic heterocycles. The summed E-state index contributed by atoms with van der Waals surface area (Å²) in [7, 11) is 0. The van der Waals surface area contributed by atoms with E-state index < -0.39 is 0 Å². The molecule has 1 atom stereocenters. The van der Waals surface area contributed by atoms with Crippen molar-refractivity contribution in [1.82, 2.24) is 15.0 Å². The lowest BCUT2D eigenvalue weighted by molar-refractivity contribution is 0.0437. The van der Waals surface area contributed by atoms with E-state index >= 15 is 0 Å². The summed E-state index contributed by atoms with van der Waals surface area (Å²) >= 11 is 5.96. The van der Waals surface area contributed by atoms with E-state index in [4.69, 9.17) is 16.3 Å². The average molecular weight is 300 g/mol. The molecule has 0 radical (unpaired) electrons. The van der Waals surface area contributed by atoms with Crippen molar-refractivity contribution in [1.29, 1.82) is 0 Å². The molecule has 112 valence electrons. The second-order valence-electron chi connectivity index (χ2n) is 4.84. The lowest BCUT2D eigenvalue weighted by Gasteiger charge is -2.32. The van der Waals surface area contributed by atoms with E-state index in [-0.39, 0.29) is 11.4 Å². The van der Waals surface area contributed by atoms with Crippen LogP contribution in [0.25, 0.3) is 0 Å². The Morgan fingerprint density at radius 2 is 2.20 bits per heavy atom. The van der Waals surface area contributed by atoms with Gasteiger partial charge in [0.15, 0.2) is 0 Å². The highest BCUT2D eigenvalue weighted by molar-refractivity contribution is 6.28. The SMILES string of the molecule is CCCOC1CCCN(c2nc(Cl)nc(NCC)n2)C1. The molecule has 1 aromatic rings. The number of hydrogen-bond acceptors (Lipinski definition) is 6. The smallest absolute Gasteiger partial charge is 0.231 e. The molecule has 2 rings (SSSR count). The zero-order chi connectivity index (χ0) is 14.4. The first-order valence-corrected chi connectivity index (χ1v) is 7.62. The first-order valence-electron chi connectivity index (χ1n) is 7.25. The first-order chi connectivity index (χ1) is 9.72. The molecule has 7 heteroatoms. The van der Waals surface area contributed by atoms with Crippen LogP contribution in [0.15, 0.2) is 0 Å². The number of anilines is 2. The minimum Gasteiger partial charge on any atom is -0.376 e. The van der Waals surface area contributed by atoms with Crippen LogP contribution >= 0.6 is 11.6 Å². The van der Waals surface area contributed by atoms with Crippen LogP contribution < -0.4 is 10.2 Å². The zero-order valence-electron chi connectivity index (χ0n) is 12.1. The minimum atomic E-state index is 0.225. The molecule has 0 aliphatic carbocycles. The van der Waals surface area contributed by atoms with Crippen molar-refractivity contribution in [2.75, 3.05) is 36.5 Å². The summed E-state index contributed by atoms with van der Waals surface area (Å²) in [5.41, 5.74) is 0. The molecule has 1 aliphatic rings. The van der Waals surface area contributed by atoms with Gasteiger partial charge in [-0.1, -0.05) is 6.92 Å². The summed E-state index contributed by atoms with van der Waals surface area (Å²) < 4.78 is 5.83. The normalized spacial score (nSPS) is 19.1. The lowest BCUT2D eigenvalue weighted by Crippen LogP contribution is -2.40. The maximum absolute atomic E-state index is 5.96. The molecule has 2 heterocycles. The van der Waals surface area contributed by atoms with Crippen molar-refractivity contribution in [2.45, 2.75) is 39.2 Å². The van der Waals surface area contributed by atoms with Crippen LogP contribution in [0.3, 0.4) is 0 Å². The molecule has 0 bridgehead atoms. The van der Waals surface area contributed by atoms with Crippen LogP contribution in [0.1, 0.15) is 33.1 Å². The molecule has 0 spiro atoms. The van der Waals surface area contributed by atoms with Crippen molar-refractivity contribution >= 4 is 23.5 Å². The van der Waals surface area contributed by atoms with E-state index in [1.807, 2.05) is 6.92 Å². The van der Waals surface area contributed by atoms with Gasteiger partial charge in [0.2, 0.25) is 17.2 Å².